The number of aliphatic hydroxyl groups is 2. The number of amides is 6. The fourth-order valence-corrected chi connectivity index (χ4v) is 15.9. The minimum absolute atomic E-state index is 0. The lowest BCUT2D eigenvalue weighted by atomic mass is 10.0. The number of aliphatic hydroxyl groups excluding tert-OH is 2. The first kappa shape index (κ1) is 62.7. The van der Waals surface area contributed by atoms with E-state index in [2.05, 4.69) is 42.1 Å². The third kappa shape index (κ3) is 18.4. The van der Waals surface area contributed by atoms with Gasteiger partial charge in [-0.2, -0.15) is 0 Å². The van der Waals surface area contributed by atoms with Crippen molar-refractivity contribution in [3.63, 3.8) is 0 Å². The van der Waals surface area contributed by atoms with Gasteiger partial charge in [-0.15, -0.1) is 59.5 Å². The van der Waals surface area contributed by atoms with Crippen LogP contribution in [-0.2, 0) is 38.4 Å². The largest absolute Gasteiger partial charge is 0.381 e. The van der Waals surface area contributed by atoms with Gasteiger partial charge in [0.05, 0.1) is 45.4 Å². The van der Waals surface area contributed by atoms with Crippen LogP contribution in [0, 0.1) is 0 Å². The molecule has 4 heterocycles. The van der Waals surface area contributed by atoms with Gasteiger partial charge in [0.25, 0.3) is 11.8 Å². The zero-order valence-electron chi connectivity index (χ0n) is 42.9. The van der Waals surface area contributed by atoms with Gasteiger partial charge >= 0.3 is 0 Å². The lowest BCUT2D eigenvalue weighted by molar-refractivity contribution is -0.135. The molecule has 2 spiro atoms. The summed E-state index contributed by atoms with van der Waals surface area (Å²) in [6, 6.07) is 13.8. The van der Waals surface area contributed by atoms with E-state index in [9.17, 15) is 48.6 Å². The molecule has 23 heteroatoms. The third-order valence-corrected chi connectivity index (χ3v) is 19.7. The first-order valence-corrected chi connectivity index (χ1v) is 29.1. The van der Waals surface area contributed by atoms with E-state index in [1.807, 2.05) is 80.1 Å². The molecule has 0 aliphatic carbocycles. The summed E-state index contributed by atoms with van der Waals surface area (Å²) >= 11 is 7.63. The Morgan fingerprint density at radius 1 is 0.635 bits per heavy atom. The van der Waals surface area contributed by atoms with Gasteiger partial charge in [-0.25, -0.2) is 0 Å². The minimum atomic E-state index is -1.51. The third-order valence-electron chi connectivity index (χ3n) is 13.0. The number of thioether (sulfide) groups is 4. The highest BCUT2D eigenvalue weighted by Crippen LogP contribution is 2.50. The predicted molar refractivity (Wildman–Crippen MR) is 297 cm³/mol. The van der Waals surface area contributed by atoms with Crippen LogP contribution < -0.4 is 37.2 Å². The molecule has 4 unspecified atom stereocenters. The van der Waals surface area contributed by atoms with E-state index in [0.717, 1.165) is 42.5 Å². The van der Waals surface area contributed by atoms with Crippen LogP contribution in [0.4, 0.5) is 0 Å². The number of hydrogen-bond acceptors (Lipinski definition) is 16. The van der Waals surface area contributed by atoms with Gasteiger partial charge in [0.1, 0.15) is 12.1 Å². The summed E-state index contributed by atoms with van der Waals surface area (Å²) in [5, 5.41) is 40.5. The molecule has 6 amide bonds. The molecule has 9 N–H and O–H groups in total. The van der Waals surface area contributed by atoms with Crippen molar-refractivity contribution < 1.29 is 48.6 Å². The molecular formula is C51H75ClN8O10S4. The van der Waals surface area contributed by atoms with Crippen molar-refractivity contribution in [1.29, 1.82) is 0 Å². The van der Waals surface area contributed by atoms with E-state index in [-0.39, 0.29) is 56.0 Å². The summed E-state index contributed by atoms with van der Waals surface area (Å²) in [7, 11) is 1.94. The Labute approximate surface area is 458 Å². The highest BCUT2D eigenvalue weighted by atomic mass is 35.5. The minimum Gasteiger partial charge on any atom is -0.381 e. The van der Waals surface area contributed by atoms with E-state index in [1.165, 1.54) is 26.7 Å². The molecule has 74 heavy (non-hydrogen) atoms. The molecule has 410 valence electrons. The van der Waals surface area contributed by atoms with Crippen LogP contribution in [0.1, 0.15) is 102 Å². The summed E-state index contributed by atoms with van der Waals surface area (Å²) in [6.07, 6.45) is 2.90. The topological polar surface area (TPSA) is 264 Å². The number of likely N-dealkylation sites (tertiary alicyclic amines) is 1. The highest BCUT2D eigenvalue weighted by molar-refractivity contribution is 8.19. The van der Waals surface area contributed by atoms with Gasteiger partial charge in [0.2, 0.25) is 23.6 Å². The number of carbonyl (C=O) groups is 8. The van der Waals surface area contributed by atoms with Gasteiger partial charge in [0, 0.05) is 13.1 Å². The smallest absolute Gasteiger partial charge is 0.251 e. The van der Waals surface area contributed by atoms with Crippen LogP contribution in [0.5, 0.6) is 0 Å². The summed E-state index contributed by atoms with van der Waals surface area (Å²) in [5.41, 5.74) is 1.28. The molecule has 6 rings (SSSR count). The van der Waals surface area contributed by atoms with Crippen molar-refractivity contribution >= 4 is 106 Å². The average Bonchev–Trinajstić information content (AvgIpc) is 3.95. The van der Waals surface area contributed by atoms with Crippen LogP contribution >= 0.6 is 59.5 Å². The molecule has 0 saturated carbocycles. The van der Waals surface area contributed by atoms with Crippen LogP contribution in [0.3, 0.4) is 0 Å². The van der Waals surface area contributed by atoms with Crippen molar-refractivity contribution in [2.45, 2.75) is 136 Å². The second-order valence-corrected chi connectivity index (χ2v) is 25.3. The molecule has 8 atom stereocenters. The second-order valence-electron chi connectivity index (χ2n) is 18.9. The second kappa shape index (κ2) is 30.8. The number of rotatable bonds is 22. The standard InChI is InChI=1S/C26H38N4O5S2.C25H36N4O5S2.ClH/c1-4-9-19(28-24(34)20-14-26(16-30(20)3)36-12-8-13-37-26)23(33)25(35)27-15-21(32)29-22(17(2)31)18-10-6-5-7-11-18;1-3-8-18(28-23(33)19-13-25(15-27-19)35-11-7-12-36-25)22(32)24(34)26-14-20(31)29-21(16(2)30)17-9-5-4-6-10-17;/h5-7,10-11,19-20,22-23,33H,4,8-9,12-16H2,1-3H3,(H,27,35)(H,28,34)(H,29,32);4-6,9-10,18-19,21-22,27,32H,3,7-8,11-15H2,1-2H3,(H,26,34)(H,28,33)(H,29,31);1H/t19?,20-,22+,23?;18?,19-,21+,22?;/m00./s1. The SMILES string of the molecule is CCCC(NC(=O)[C@@H]1CC2(CN1)SCCCS2)C(O)C(=O)NCC(=O)N[C@H](C(C)=O)c1ccccc1.CCCC(NC(=O)[C@@H]1CC2(CN1C)SCCCS2)C(O)C(=O)NCC(=O)N[C@H](C(C)=O)c1ccccc1.Cl. The zero-order chi connectivity index (χ0) is 53.1. The normalized spacial score (nSPS) is 21.1. The molecule has 4 aliphatic rings. The van der Waals surface area contributed by atoms with Crippen LogP contribution in [0.15, 0.2) is 60.7 Å². The lowest BCUT2D eigenvalue weighted by Gasteiger charge is -2.31. The fraction of sp³-hybridized carbons (Fsp3) is 0.608. The number of nitrogens with zero attached hydrogens (tertiary/aromatic N) is 1. The number of hydrogen-bond donors (Lipinski definition) is 9. The van der Waals surface area contributed by atoms with Gasteiger partial charge in [-0.1, -0.05) is 87.4 Å². The van der Waals surface area contributed by atoms with Gasteiger partial charge < -0.3 is 47.4 Å². The summed E-state index contributed by atoms with van der Waals surface area (Å²) in [5.74, 6) is 0.866. The fourth-order valence-electron chi connectivity index (χ4n) is 9.15. The van der Waals surface area contributed by atoms with Crippen LogP contribution in [0.2, 0.25) is 0 Å². The van der Waals surface area contributed by atoms with Gasteiger partial charge in [-0.3, -0.25) is 43.3 Å². The van der Waals surface area contributed by atoms with Crippen LogP contribution in [-0.4, -0.2) is 163 Å². The van der Waals surface area contributed by atoms with Crippen molar-refractivity contribution in [3.05, 3.63) is 71.8 Å². The monoisotopic (exact) mass is 1120 g/mol. The number of carbonyl (C=O) groups excluding carboxylic acids is 8. The zero-order valence-corrected chi connectivity index (χ0v) is 46.9. The van der Waals surface area contributed by atoms with Crippen molar-refractivity contribution in [1.82, 2.24) is 42.1 Å². The van der Waals surface area contributed by atoms with Gasteiger partial charge in [-0.05, 0) is 93.6 Å². The first-order chi connectivity index (χ1) is 34.9. The van der Waals surface area contributed by atoms with Crippen molar-refractivity contribution in [2.24, 2.45) is 0 Å². The maximum absolute atomic E-state index is 13.2. The Balaban J connectivity index is 0.000000316. The highest BCUT2D eigenvalue weighted by Gasteiger charge is 2.48. The molecule has 4 saturated heterocycles. The number of halogens is 1. The number of nitrogens with one attached hydrogen (secondary N) is 7. The molecule has 4 fully saturated rings. The molecule has 2 aromatic carbocycles. The molecular weight excluding hydrogens is 1050 g/mol. The lowest BCUT2D eigenvalue weighted by Crippen LogP contribution is -2.54. The average molecular weight is 1120 g/mol. The predicted octanol–water partition coefficient (Wildman–Crippen LogP) is 3.01. The quantitative estimate of drug-likeness (QED) is 0.0821. The van der Waals surface area contributed by atoms with Crippen molar-refractivity contribution in [2.75, 3.05) is 56.2 Å². The Bertz CT molecular complexity index is 2190. The molecule has 18 nitrogen and oxygen atoms in total. The van der Waals surface area contributed by atoms with E-state index < -0.39 is 73.1 Å². The number of ketones is 2. The van der Waals surface area contributed by atoms with E-state index in [0.29, 0.717) is 43.2 Å². The Morgan fingerprint density at radius 2 is 1.05 bits per heavy atom. The maximum Gasteiger partial charge on any atom is 0.251 e. The van der Waals surface area contributed by atoms with Gasteiger partial charge in [0.15, 0.2) is 23.8 Å². The number of Topliss-reactive ketones (excluding diaryl/α,β-unsaturated/α-hetero) is 2. The molecule has 0 radical (unpaired) electrons. The Kier molecular flexibility index (Phi) is 26.1. The Hall–Kier alpha value is -3.87. The molecule has 0 aromatic heterocycles. The molecule has 2 aromatic rings. The van der Waals surface area contributed by atoms with Crippen LogP contribution in [0.25, 0.3) is 0 Å². The van der Waals surface area contributed by atoms with E-state index in [1.54, 1.807) is 48.5 Å². The maximum atomic E-state index is 13.2. The Morgan fingerprint density at radius 3 is 1.47 bits per heavy atom. The van der Waals surface area contributed by atoms with Crippen molar-refractivity contribution in [3.8, 4) is 0 Å². The number of likely N-dealkylation sites (N-methyl/N-ethyl adjacent to an activating group) is 1. The summed E-state index contributed by atoms with van der Waals surface area (Å²) in [4.78, 5) is 102. The molecule has 0 bridgehead atoms. The summed E-state index contributed by atoms with van der Waals surface area (Å²) < 4.78 is 0.0391. The molecule has 4 aliphatic heterocycles. The number of benzene rings is 2. The summed E-state index contributed by atoms with van der Waals surface area (Å²) in [6.45, 7) is 7.35. The first-order valence-electron chi connectivity index (χ1n) is 25.1. The van der Waals surface area contributed by atoms with E-state index in [4.69, 9.17) is 0 Å². The van der Waals surface area contributed by atoms with E-state index >= 15 is 0 Å².